The summed E-state index contributed by atoms with van der Waals surface area (Å²) >= 11 is 0. The second-order valence-corrected chi connectivity index (χ2v) is 8.00. The zero-order chi connectivity index (χ0) is 23.2. The van der Waals surface area contributed by atoms with Gasteiger partial charge in [-0.05, 0) is 30.2 Å². The van der Waals surface area contributed by atoms with Crippen molar-refractivity contribution in [1.82, 2.24) is 29.4 Å². The first-order chi connectivity index (χ1) is 15.8. The summed E-state index contributed by atoms with van der Waals surface area (Å²) in [5.74, 6) is -1.76. The van der Waals surface area contributed by atoms with Crippen LogP contribution in [-0.4, -0.2) is 36.9 Å². The second kappa shape index (κ2) is 8.00. The maximum Gasteiger partial charge on any atom is 0.393 e. The van der Waals surface area contributed by atoms with Gasteiger partial charge < -0.3 is 15.0 Å². The lowest BCUT2D eigenvalue weighted by Gasteiger charge is -2.07. The minimum absolute atomic E-state index is 0.0144. The van der Waals surface area contributed by atoms with Crippen molar-refractivity contribution in [1.29, 1.82) is 0 Å². The first kappa shape index (κ1) is 21.1. The van der Waals surface area contributed by atoms with Crippen molar-refractivity contribution < 1.29 is 18.0 Å². The van der Waals surface area contributed by atoms with Gasteiger partial charge in [-0.15, -0.1) is 0 Å². The topological polar surface area (TPSA) is 92.8 Å². The molecule has 1 fully saturated rings. The number of imidazole rings is 1. The number of rotatable bonds is 6. The highest BCUT2D eigenvalue weighted by atomic mass is 19.4. The van der Waals surface area contributed by atoms with Gasteiger partial charge in [0.2, 0.25) is 0 Å². The number of carbonyl (C=O) groups excluding carboxylic acids is 1. The Balaban J connectivity index is 1.23. The number of nitrogens with zero attached hydrogens (tertiary/aromatic N) is 4. The summed E-state index contributed by atoms with van der Waals surface area (Å²) in [5.41, 5.74) is 2.09. The summed E-state index contributed by atoms with van der Waals surface area (Å²) < 4.78 is 41.1. The molecular formula is C22H19F3N6O2. The number of alkyl halides is 3. The Hall–Kier alpha value is -3.73. The van der Waals surface area contributed by atoms with E-state index in [-0.39, 0.29) is 24.2 Å². The molecule has 0 aromatic carbocycles. The lowest BCUT2D eigenvalue weighted by atomic mass is 10.3. The number of hydrogen-bond acceptors (Lipinski definition) is 5. The molecule has 0 radical (unpaired) electrons. The van der Waals surface area contributed by atoms with Crippen molar-refractivity contribution >= 4 is 17.2 Å². The highest BCUT2D eigenvalue weighted by molar-refractivity contribution is 5.92. The van der Waals surface area contributed by atoms with Crippen LogP contribution in [0.3, 0.4) is 0 Å². The average molecular weight is 456 g/mol. The molecule has 11 heteroatoms. The van der Waals surface area contributed by atoms with E-state index in [4.69, 9.17) is 0 Å². The Labute approximate surface area is 185 Å². The first-order valence-corrected chi connectivity index (χ1v) is 10.3. The molecule has 5 rings (SSSR count). The fraction of sp³-hybridized carbons (Fsp3) is 0.273. The molecule has 0 aliphatic heterocycles. The van der Waals surface area contributed by atoms with Gasteiger partial charge in [-0.1, -0.05) is 12.1 Å². The van der Waals surface area contributed by atoms with Crippen molar-refractivity contribution in [2.75, 3.05) is 0 Å². The molecule has 0 saturated heterocycles. The predicted octanol–water partition coefficient (Wildman–Crippen LogP) is 2.31. The van der Waals surface area contributed by atoms with Crippen LogP contribution in [0.4, 0.5) is 13.2 Å². The summed E-state index contributed by atoms with van der Waals surface area (Å²) in [6, 6.07) is 9.27. The van der Waals surface area contributed by atoms with Crippen LogP contribution in [0.1, 0.15) is 28.2 Å². The lowest BCUT2D eigenvalue weighted by molar-refractivity contribution is -0.149. The largest absolute Gasteiger partial charge is 0.393 e. The molecule has 1 aliphatic rings. The van der Waals surface area contributed by atoms with E-state index >= 15 is 0 Å². The molecule has 8 nitrogen and oxygen atoms in total. The number of hydrogen-bond donors (Lipinski definition) is 2. The van der Waals surface area contributed by atoms with Gasteiger partial charge in [0, 0.05) is 37.2 Å². The summed E-state index contributed by atoms with van der Waals surface area (Å²) in [7, 11) is 0. The van der Waals surface area contributed by atoms with Crippen LogP contribution in [0, 0.1) is 5.92 Å². The molecule has 4 aromatic heterocycles. The van der Waals surface area contributed by atoms with Gasteiger partial charge in [0.15, 0.2) is 0 Å². The summed E-state index contributed by atoms with van der Waals surface area (Å²) in [6.07, 6.45) is 1.06. The van der Waals surface area contributed by atoms with E-state index in [2.05, 4.69) is 20.6 Å². The van der Waals surface area contributed by atoms with E-state index in [1.807, 2.05) is 0 Å². The first-order valence-electron chi connectivity index (χ1n) is 10.3. The molecular weight excluding hydrogens is 437 g/mol. The molecule has 2 atom stereocenters. The van der Waals surface area contributed by atoms with Crippen molar-refractivity contribution in [3.63, 3.8) is 0 Å². The number of pyridine rings is 2. The Bertz CT molecular complexity index is 1410. The fourth-order valence-corrected chi connectivity index (χ4v) is 3.74. The Morgan fingerprint density at radius 1 is 1.09 bits per heavy atom. The molecule has 1 aliphatic carbocycles. The Morgan fingerprint density at radius 3 is 2.73 bits per heavy atom. The minimum atomic E-state index is -4.15. The SMILES string of the molecule is O=C(NCc1cn2cc(CNC3C[C@H]3C(F)(F)F)ccc2n1)c1cc(=O)n2ccccc2n1. The maximum atomic E-state index is 12.7. The standard InChI is InChI=1S/C22H19F3N6O2/c23-22(24,25)15-7-16(15)26-9-13-4-5-18-28-14(12-30(18)11-13)10-27-21(33)17-8-20(32)31-6-2-1-3-19(31)29-17/h1-6,8,11-12,15-16,26H,7,9-10H2,(H,27,33)/t15-,16?/m1/s1. The van der Waals surface area contributed by atoms with Gasteiger partial charge in [-0.3, -0.25) is 14.0 Å². The number of carbonyl (C=O) groups is 1. The van der Waals surface area contributed by atoms with Crippen LogP contribution in [0.25, 0.3) is 11.3 Å². The third kappa shape index (κ3) is 4.44. The number of aromatic nitrogens is 4. The van der Waals surface area contributed by atoms with Gasteiger partial charge in [0.05, 0.1) is 18.2 Å². The van der Waals surface area contributed by atoms with Crippen LogP contribution in [-0.2, 0) is 13.1 Å². The quantitative estimate of drug-likeness (QED) is 0.465. The molecule has 1 unspecified atom stereocenters. The zero-order valence-electron chi connectivity index (χ0n) is 17.2. The maximum absolute atomic E-state index is 12.7. The van der Waals surface area contributed by atoms with E-state index in [1.165, 1.54) is 10.5 Å². The minimum Gasteiger partial charge on any atom is -0.345 e. The van der Waals surface area contributed by atoms with Crippen LogP contribution in [0.15, 0.2) is 59.8 Å². The van der Waals surface area contributed by atoms with Crippen molar-refractivity contribution in [3.8, 4) is 0 Å². The van der Waals surface area contributed by atoms with Gasteiger partial charge in [0.1, 0.15) is 17.0 Å². The Kier molecular flexibility index (Phi) is 5.12. The van der Waals surface area contributed by atoms with E-state index < -0.39 is 24.0 Å². The van der Waals surface area contributed by atoms with Crippen molar-refractivity contribution in [2.24, 2.45) is 5.92 Å². The molecule has 4 aromatic rings. The molecule has 1 amide bonds. The number of amides is 1. The van der Waals surface area contributed by atoms with Crippen LogP contribution < -0.4 is 16.2 Å². The van der Waals surface area contributed by atoms with Crippen molar-refractivity contribution in [3.05, 3.63) is 82.3 Å². The normalized spacial score (nSPS) is 18.0. The van der Waals surface area contributed by atoms with Crippen LogP contribution >= 0.6 is 0 Å². The highest BCUT2D eigenvalue weighted by Crippen LogP contribution is 2.44. The smallest absolute Gasteiger partial charge is 0.345 e. The molecule has 1 saturated carbocycles. The fourth-order valence-electron chi connectivity index (χ4n) is 3.74. The lowest BCUT2D eigenvalue weighted by Crippen LogP contribution is -2.27. The molecule has 4 heterocycles. The molecule has 2 N–H and O–H groups in total. The third-order valence-corrected chi connectivity index (χ3v) is 5.58. The molecule has 33 heavy (non-hydrogen) atoms. The Morgan fingerprint density at radius 2 is 1.94 bits per heavy atom. The van der Waals surface area contributed by atoms with E-state index in [9.17, 15) is 22.8 Å². The summed E-state index contributed by atoms with van der Waals surface area (Å²) in [5, 5.41) is 5.64. The zero-order valence-corrected chi connectivity index (χ0v) is 17.2. The second-order valence-electron chi connectivity index (χ2n) is 8.00. The third-order valence-electron chi connectivity index (χ3n) is 5.58. The number of nitrogens with one attached hydrogen (secondary N) is 2. The van der Waals surface area contributed by atoms with Crippen molar-refractivity contribution in [2.45, 2.75) is 31.7 Å². The van der Waals surface area contributed by atoms with Gasteiger partial charge in [0.25, 0.3) is 11.5 Å². The average Bonchev–Trinajstić information content (AvgIpc) is 3.47. The van der Waals surface area contributed by atoms with E-state index in [0.717, 1.165) is 5.56 Å². The molecule has 170 valence electrons. The highest BCUT2D eigenvalue weighted by Gasteiger charge is 2.55. The van der Waals surface area contributed by atoms with Crippen LogP contribution in [0.2, 0.25) is 0 Å². The number of halogens is 3. The number of fused-ring (bicyclic) bond motifs is 2. The van der Waals surface area contributed by atoms with Gasteiger partial charge >= 0.3 is 6.18 Å². The summed E-state index contributed by atoms with van der Waals surface area (Å²) in [6.45, 7) is 0.444. The van der Waals surface area contributed by atoms with Crippen LogP contribution in [0.5, 0.6) is 0 Å². The molecule has 0 spiro atoms. The van der Waals surface area contributed by atoms with E-state index in [1.54, 1.807) is 53.3 Å². The predicted molar refractivity (Wildman–Crippen MR) is 113 cm³/mol. The van der Waals surface area contributed by atoms with Gasteiger partial charge in [-0.25, -0.2) is 9.97 Å². The van der Waals surface area contributed by atoms with E-state index in [0.29, 0.717) is 23.5 Å². The molecule has 0 bridgehead atoms. The summed E-state index contributed by atoms with van der Waals surface area (Å²) in [4.78, 5) is 33.3. The monoisotopic (exact) mass is 456 g/mol. The van der Waals surface area contributed by atoms with Gasteiger partial charge in [-0.2, -0.15) is 13.2 Å².